The number of carbonyl (C=O) groups excluding carboxylic acids is 1. The maximum atomic E-state index is 13.2. The Labute approximate surface area is 156 Å². The van der Waals surface area contributed by atoms with Crippen molar-refractivity contribution in [1.29, 1.82) is 0 Å². The van der Waals surface area contributed by atoms with E-state index in [1.54, 1.807) is 17.0 Å². The van der Waals surface area contributed by atoms with Crippen LogP contribution < -0.4 is 14.4 Å². The monoisotopic (exact) mass is 378 g/mol. The molecular weight excluding hydrogens is 359 g/mol. The summed E-state index contributed by atoms with van der Waals surface area (Å²) in [7, 11) is 0. The number of rotatable bonds is 5. The summed E-state index contributed by atoms with van der Waals surface area (Å²) in [6, 6.07) is 7.95. The first-order valence-electron chi connectivity index (χ1n) is 8.45. The van der Waals surface area contributed by atoms with Gasteiger partial charge in [-0.05, 0) is 37.6 Å². The Morgan fingerprint density at radius 1 is 1.42 bits per heavy atom. The van der Waals surface area contributed by atoms with Gasteiger partial charge in [-0.15, -0.1) is 11.6 Å². The van der Waals surface area contributed by atoms with Crippen LogP contribution in [0.5, 0.6) is 11.8 Å². The Morgan fingerprint density at radius 2 is 2.15 bits per heavy atom. The number of benzene rings is 1. The quantitative estimate of drug-likeness (QED) is 0.746. The van der Waals surface area contributed by atoms with Crippen LogP contribution in [0, 0.1) is 5.82 Å². The third kappa shape index (κ3) is 3.75. The van der Waals surface area contributed by atoms with E-state index in [0.29, 0.717) is 37.1 Å². The molecular formula is C19H20ClFN2O3. The number of nitrogens with zero attached hydrogens (tertiary/aromatic N) is 2. The number of carbonyl (C=O) groups is 1. The Kier molecular flexibility index (Phi) is 5.61. The van der Waals surface area contributed by atoms with Gasteiger partial charge in [0.25, 0.3) is 0 Å². The third-order valence-electron chi connectivity index (χ3n) is 4.14. The maximum Gasteiger partial charge on any atom is 0.242 e. The molecule has 1 atom stereocenters. The topological polar surface area (TPSA) is 51.7 Å². The van der Waals surface area contributed by atoms with Crippen LogP contribution in [0.4, 0.5) is 10.1 Å². The Balaban J connectivity index is 2.03. The summed E-state index contributed by atoms with van der Waals surface area (Å²) < 4.78 is 24.5. The average Bonchev–Trinajstić information content (AvgIpc) is 2.64. The highest BCUT2D eigenvalue weighted by atomic mass is 35.5. The van der Waals surface area contributed by atoms with Crippen molar-refractivity contribution in [2.24, 2.45) is 0 Å². The van der Waals surface area contributed by atoms with Gasteiger partial charge in [0.2, 0.25) is 17.7 Å². The van der Waals surface area contributed by atoms with E-state index < -0.39 is 0 Å². The Bertz CT molecular complexity index is 798. The van der Waals surface area contributed by atoms with Crippen molar-refractivity contribution in [3.8, 4) is 11.8 Å². The number of alkyl halides is 1. The number of hydrogen-bond acceptors (Lipinski definition) is 4. The van der Waals surface area contributed by atoms with Crippen molar-refractivity contribution < 1.29 is 18.7 Å². The van der Waals surface area contributed by atoms with E-state index in [2.05, 4.69) is 4.98 Å². The number of anilines is 1. The zero-order valence-corrected chi connectivity index (χ0v) is 15.4. The maximum absolute atomic E-state index is 13.2. The van der Waals surface area contributed by atoms with Crippen LogP contribution in [0.2, 0.25) is 0 Å². The second kappa shape index (κ2) is 7.91. The molecule has 138 valence electrons. The number of amides is 1. The highest BCUT2D eigenvalue weighted by Crippen LogP contribution is 2.37. The fraction of sp³-hybridized carbons (Fsp3) is 0.368. The zero-order chi connectivity index (χ0) is 18.7. The van der Waals surface area contributed by atoms with Crippen LogP contribution in [0.1, 0.15) is 25.0 Å². The molecule has 2 heterocycles. The van der Waals surface area contributed by atoms with Gasteiger partial charge in [-0.3, -0.25) is 4.79 Å². The summed E-state index contributed by atoms with van der Waals surface area (Å²) in [6.07, 6.45) is 0.493. The second-order valence-electron chi connectivity index (χ2n) is 6.07. The summed E-state index contributed by atoms with van der Waals surface area (Å²) in [5, 5.41) is 0. The molecule has 5 nitrogen and oxygen atoms in total. The molecule has 1 aliphatic rings. The molecule has 1 aromatic heterocycles. The summed E-state index contributed by atoms with van der Waals surface area (Å²) in [5.74, 6) is 0.187. The summed E-state index contributed by atoms with van der Waals surface area (Å²) in [6.45, 7) is 4.55. The van der Waals surface area contributed by atoms with Crippen LogP contribution in [-0.2, 0) is 11.2 Å². The number of aromatic nitrogens is 1. The lowest BCUT2D eigenvalue weighted by molar-refractivity contribution is -0.117. The zero-order valence-electron chi connectivity index (χ0n) is 14.7. The van der Waals surface area contributed by atoms with Gasteiger partial charge in [-0.25, -0.2) is 4.39 Å². The van der Waals surface area contributed by atoms with Gasteiger partial charge in [0, 0.05) is 12.0 Å². The first-order valence-corrected chi connectivity index (χ1v) is 8.99. The Morgan fingerprint density at radius 3 is 2.81 bits per heavy atom. The largest absolute Gasteiger partial charge is 0.478 e. The van der Waals surface area contributed by atoms with Gasteiger partial charge in [0.1, 0.15) is 24.0 Å². The molecule has 0 radical (unpaired) electrons. The molecule has 0 bridgehead atoms. The molecule has 7 heteroatoms. The van der Waals surface area contributed by atoms with E-state index in [9.17, 15) is 9.18 Å². The van der Waals surface area contributed by atoms with Crippen LogP contribution in [0.25, 0.3) is 0 Å². The highest BCUT2D eigenvalue weighted by molar-refractivity contribution is 6.29. The SMILES string of the molecule is CCOc1nc2c(cc1Cc1ccc(F)cc1)N(C(=O)CCl)[C@@H](C)CO2. The van der Waals surface area contributed by atoms with E-state index in [0.717, 1.165) is 11.1 Å². The predicted octanol–water partition coefficient (Wildman–Crippen LogP) is 3.56. The van der Waals surface area contributed by atoms with Crippen LogP contribution in [0.15, 0.2) is 30.3 Å². The highest BCUT2D eigenvalue weighted by Gasteiger charge is 2.31. The number of pyridine rings is 1. The predicted molar refractivity (Wildman–Crippen MR) is 97.8 cm³/mol. The van der Waals surface area contributed by atoms with Crippen LogP contribution >= 0.6 is 11.6 Å². The fourth-order valence-corrected chi connectivity index (χ4v) is 3.08. The molecule has 0 N–H and O–H groups in total. The Hall–Kier alpha value is -2.34. The van der Waals surface area contributed by atoms with E-state index in [-0.39, 0.29) is 23.6 Å². The van der Waals surface area contributed by atoms with Crippen molar-refractivity contribution in [2.45, 2.75) is 26.3 Å². The van der Waals surface area contributed by atoms with Crippen molar-refractivity contribution in [3.05, 3.63) is 47.3 Å². The standard InChI is InChI=1S/C19H20ClFN2O3/c1-3-25-18-14(8-13-4-6-15(21)7-5-13)9-16-19(22-18)26-11-12(2)23(16)17(24)10-20/h4-7,9,12H,3,8,10-11H2,1-2H3/t12-/m0/s1. The molecule has 26 heavy (non-hydrogen) atoms. The first-order chi connectivity index (χ1) is 12.5. The van der Waals surface area contributed by atoms with E-state index in [1.807, 2.05) is 19.9 Å². The summed E-state index contributed by atoms with van der Waals surface area (Å²) >= 11 is 5.77. The second-order valence-corrected chi connectivity index (χ2v) is 6.34. The fourth-order valence-electron chi connectivity index (χ4n) is 2.96. The van der Waals surface area contributed by atoms with Gasteiger partial charge in [0.15, 0.2) is 0 Å². The van der Waals surface area contributed by atoms with Crippen molar-refractivity contribution in [1.82, 2.24) is 4.98 Å². The van der Waals surface area contributed by atoms with Gasteiger partial charge < -0.3 is 14.4 Å². The summed E-state index contributed by atoms with van der Waals surface area (Å²) in [4.78, 5) is 18.4. The third-order valence-corrected chi connectivity index (χ3v) is 4.37. The minimum Gasteiger partial charge on any atom is -0.478 e. The number of hydrogen-bond donors (Lipinski definition) is 0. The van der Waals surface area contributed by atoms with Crippen molar-refractivity contribution in [3.63, 3.8) is 0 Å². The van der Waals surface area contributed by atoms with E-state index in [1.165, 1.54) is 12.1 Å². The van der Waals surface area contributed by atoms with Crippen molar-refractivity contribution >= 4 is 23.2 Å². The lowest BCUT2D eigenvalue weighted by atomic mass is 10.0. The molecule has 0 fully saturated rings. The average molecular weight is 379 g/mol. The molecule has 0 unspecified atom stereocenters. The van der Waals surface area contributed by atoms with Gasteiger partial charge in [-0.1, -0.05) is 12.1 Å². The van der Waals surface area contributed by atoms with Gasteiger partial charge >= 0.3 is 0 Å². The molecule has 3 rings (SSSR count). The van der Waals surface area contributed by atoms with E-state index >= 15 is 0 Å². The number of fused-ring (bicyclic) bond motifs is 1. The van der Waals surface area contributed by atoms with Gasteiger partial charge in [0.05, 0.1) is 12.6 Å². The molecule has 1 aromatic carbocycles. The molecule has 1 amide bonds. The van der Waals surface area contributed by atoms with E-state index in [4.69, 9.17) is 21.1 Å². The van der Waals surface area contributed by atoms with Crippen LogP contribution in [-0.4, -0.2) is 36.0 Å². The molecule has 0 spiro atoms. The molecule has 1 aliphatic heterocycles. The van der Waals surface area contributed by atoms with Crippen molar-refractivity contribution in [2.75, 3.05) is 24.0 Å². The smallest absolute Gasteiger partial charge is 0.242 e. The molecule has 2 aromatic rings. The molecule has 0 saturated carbocycles. The van der Waals surface area contributed by atoms with Crippen LogP contribution in [0.3, 0.4) is 0 Å². The number of ether oxygens (including phenoxy) is 2. The summed E-state index contributed by atoms with van der Waals surface area (Å²) in [5.41, 5.74) is 2.28. The first kappa shape index (κ1) is 18.5. The molecule has 0 aliphatic carbocycles. The minimum atomic E-state index is -0.288. The lowest BCUT2D eigenvalue weighted by Gasteiger charge is -2.34. The normalized spacial score (nSPS) is 16.0. The van der Waals surface area contributed by atoms with Gasteiger partial charge in [-0.2, -0.15) is 4.98 Å². The lowest BCUT2D eigenvalue weighted by Crippen LogP contribution is -2.46. The number of halogens is 2. The minimum absolute atomic E-state index is 0.121. The molecule has 0 saturated heterocycles.